The molecule has 0 radical (unpaired) electrons. The van der Waals surface area contributed by atoms with E-state index >= 15 is 0 Å². The molecule has 4 nitrogen and oxygen atoms in total. The Morgan fingerprint density at radius 3 is 2.17 bits per heavy atom. The van der Waals surface area contributed by atoms with Crippen molar-refractivity contribution < 1.29 is 9.59 Å². The van der Waals surface area contributed by atoms with Crippen LogP contribution in [0.3, 0.4) is 0 Å². The molecule has 2 fully saturated rings. The zero-order valence-corrected chi connectivity index (χ0v) is 13.8. The largest absolute Gasteiger partial charge is 0.353 e. The lowest BCUT2D eigenvalue weighted by Crippen LogP contribution is -2.40. The van der Waals surface area contributed by atoms with Gasteiger partial charge in [-0.15, -0.1) is 0 Å². The Labute approximate surface area is 138 Å². The summed E-state index contributed by atoms with van der Waals surface area (Å²) in [6.45, 7) is 2.70. The Morgan fingerprint density at radius 2 is 1.61 bits per heavy atom. The van der Waals surface area contributed by atoms with Gasteiger partial charge < -0.3 is 10.2 Å². The molecule has 0 atom stereocenters. The van der Waals surface area contributed by atoms with Crippen molar-refractivity contribution in [2.24, 2.45) is 11.8 Å². The van der Waals surface area contributed by atoms with Crippen LogP contribution in [0.1, 0.15) is 45.4 Å². The average Bonchev–Trinajstić information content (AvgIpc) is 3.40. The number of anilines is 1. The van der Waals surface area contributed by atoms with E-state index < -0.39 is 0 Å². The number of amides is 2. The third kappa shape index (κ3) is 3.92. The van der Waals surface area contributed by atoms with Gasteiger partial charge in [0.2, 0.25) is 11.8 Å². The van der Waals surface area contributed by atoms with E-state index in [1.807, 2.05) is 42.2 Å². The minimum Gasteiger partial charge on any atom is -0.353 e. The summed E-state index contributed by atoms with van der Waals surface area (Å²) >= 11 is 0. The molecule has 2 aliphatic carbocycles. The Bertz CT molecular complexity index is 546. The fourth-order valence-corrected chi connectivity index (χ4v) is 3.44. The van der Waals surface area contributed by atoms with Crippen LogP contribution < -0.4 is 10.2 Å². The number of nitrogens with one attached hydrogen (secondary N) is 1. The molecular formula is C19H26N2O2. The first-order valence-corrected chi connectivity index (χ1v) is 8.85. The summed E-state index contributed by atoms with van der Waals surface area (Å²) in [5.41, 5.74) is 0.966. The number of carbonyl (C=O) groups excluding carboxylic acids is 2. The van der Waals surface area contributed by atoms with E-state index in [1.54, 1.807) is 0 Å². The van der Waals surface area contributed by atoms with Crippen molar-refractivity contribution in [3.05, 3.63) is 30.3 Å². The second-order valence-electron chi connectivity index (χ2n) is 6.75. The molecule has 2 saturated carbocycles. The fourth-order valence-electron chi connectivity index (χ4n) is 3.44. The maximum Gasteiger partial charge on any atom is 0.230 e. The van der Waals surface area contributed by atoms with E-state index in [0.29, 0.717) is 12.6 Å². The molecule has 0 saturated heterocycles. The lowest BCUT2D eigenvalue weighted by atomic mass is 9.81. The molecule has 1 N–H and O–H groups in total. The van der Waals surface area contributed by atoms with Gasteiger partial charge in [0.15, 0.2) is 0 Å². The van der Waals surface area contributed by atoms with Crippen molar-refractivity contribution in [1.82, 2.24) is 5.32 Å². The van der Waals surface area contributed by atoms with E-state index in [0.717, 1.165) is 44.2 Å². The zero-order chi connectivity index (χ0) is 16.2. The summed E-state index contributed by atoms with van der Waals surface area (Å²) in [6, 6.07) is 10.3. The maximum absolute atomic E-state index is 12.8. The van der Waals surface area contributed by atoms with Crippen molar-refractivity contribution in [1.29, 1.82) is 0 Å². The van der Waals surface area contributed by atoms with Crippen molar-refractivity contribution in [2.75, 3.05) is 11.4 Å². The molecule has 23 heavy (non-hydrogen) atoms. The molecule has 1 aromatic rings. The summed E-state index contributed by atoms with van der Waals surface area (Å²) in [5.74, 6) is 0.570. The lowest BCUT2D eigenvalue weighted by molar-refractivity contribution is -0.129. The number of benzene rings is 1. The first-order valence-electron chi connectivity index (χ1n) is 8.85. The SMILES string of the molecule is CCN(C(=O)C1CCC(C(=O)NC2CC2)CC1)c1ccccc1. The van der Waals surface area contributed by atoms with Gasteiger partial charge in [-0.25, -0.2) is 0 Å². The number of hydrogen-bond acceptors (Lipinski definition) is 2. The molecule has 2 amide bonds. The molecule has 2 aliphatic rings. The smallest absolute Gasteiger partial charge is 0.230 e. The summed E-state index contributed by atoms with van der Waals surface area (Å²) in [6.07, 6.45) is 5.57. The van der Waals surface area contributed by atoms with Crippen molar-refractivity contribution in [2.45, 2.75) is 51.5 Å². The van der Waals surface area contributed by atoms with Gasteiger partial charge >= 0.3 is 0 Å². The van der Waals surface area contributed by atoms with Crippen molar-refractivity contribution in [3.63, 3.8) is 0 Å². The van der Waals surface area contributed by atoms with E-state index in [2.05, 4.69) is 5.32 Å². The number of para-hydroxylation sites is 1. The van der Waals surface area contributed by atoms with Gasteiger partial charge in [-0.05, 0) is 57.6 Å². The zero-order valence-electron chi connectivity index (χ0n) is 13.8. The molecule has 0 bridgehead atoms. The molecule has 3 rings (SSSR count). The Balaban J connectivity index is 1.55. The van der Waals surface area contributed by atoms with E-state index in [9.17, 15) is 9.59 Å². The molecule has 0 spiro atoms. The van der Waals surface area contributed by atoms with E-state index in [1.165, 1.54) is 0 Å². The van der Waals surface area contributed by atoms with Crippen LogP contribution in [0.5, 0.6) is 0 Å². The highest BCUT2D eigenvalue weighted by molar-refractivity contribution is 5.95. The van der Waals surface area contributed by atoms with Gasteiger partial charge in [0.1, 0.15) is 0 Å². The summed E-state index contributed by atoms with van der Waals surface area (Å²) < 4.78 is 0. The average molecular weight is 314 g/mol. The topological polar surface area (TPSA) is 49.4 Å². The number of hydrogen-bond donors (Lipinski definition) is 1. The van der Waals surface area contributed by atoms with Crippen LogP contribution >= 0.6 is 0 Å². The second-order valence-corrected chi connectivity index (χ2v) is 6.75. The van der Waals surface area contributed by atoms with Gasteiger partial charge in [0.05, 0.1) is 0 Å². The monoisotopic (exact) mass is 314 g/mol. The van der Waals surface area contributed by atoms with Crippen LogP contribution in [0.4, 0.5) is 5.69 Å². The summed E-state index contributed by atoms with van der Waals surface area (Å²) in [5, 5.41) is 3.09. The fraction of sp³-hybridized carbons (Fsp3) is 0.579. The highest BCUT2D eigenvalue weighted by Crippen LogP contribution is 2.32. The molecule has 0 aromatic heterocycles. The number of carbonyl (C=O) groups is 2. The van der Waals surface area contributed by atoms with Crippen LogP contribution in [0, 0.1) is 11.8 Å². The molecule has 0 unspecified atom stereocenters. The Hall–Kier alpha value is -1.84. The maximum atomic E-state index is 12.8. The molecule has 0 heterocycles. The minimum atomic E-state index is 0.0557. The van der Waals surface area contributed by atoms with Crippen LogP contribution in [0.2, 0.25) is 0 Å². The normalized spacial score (nSPS) is 24.0. The first kappa shape index (κ1) is 16.0. The van der Waals surface area contributed by atoms with E-state index in [-0.39, 0.29) is 23.7 Å². The molecule has 0 aliphatic heterocycles. The quantitative estimate of drug-likeness (QED) is 0.908. The lowest BCUT2D eigenvalue weighted by Gasteiger charge is -2.31. The summed E-state index contributed by atoms with van der Waals surface area (Å²) in [7, 11) is 0. The predicted octanol–water partition coefficient (Wildman–Crippen LogP) is 3.12. The first-order chi connectivity index (χ1) is 11.2. The van der Waals surface area contributed by atoms with Crippen LogP contribution in [0.25, 0.3) is 0 Å². The van der Waals surface area contributed by atoms with Crippen molar-refractivity contribution >= 4 is 17.5 Å². The number of nitrogens with zero attached hydrogens (tertiary/aromatic N) is 1. The third-order valence-corrected chi connectivity index (χ3v) is 5.02. The van der Waals surface area contributed by atoms with Crippen molar-refractivity contribution in [3.8, 4) is 0 Å². The molecular weight excluding hydrogens is 288 g/mol. The van der Waals surface area contributed by atoms with Gasteiger partial charge in [0.25, 0.3) is 0 Å². The third-order valence-electron chi connectivity index (χ3n) is 5.02. The minimum absolute atomic E-state index is 0.0557. The Kier molecular flexibility index (Phi) is 4.99. The second kappa shape index (κ2) is 7.16. The van der Waals surface area contributed by atoms with Crippen LogP contribution in [-0.2, 0) is 9.59 Å². The van der Waals surface area contributed by atoms with Gasteiger partial charge in [-0.3, -0.25) is 9.59 Å². The van der Waals surface area contributed by atoms with Gasteiger partial charge in [-0.1, -0.05) is 18.2 Å². The molecule has 124 valence electrons. The number of rotatable bonds is 5. The standard InChI is InChI=1S/C19H26N2O2/c1-2-21(17-6-4-3-5-7-17)19(23)15-10-8-14(9-11-15)18(22)20-16-12-13-16/h3-7,14-16H,2,8-13H2,1H3,(H,20,22). The molecule has 4 heteroatoms. The highest BCUT2D eigenvalue weighted by atomic mass is 16.2. The Morgan fingerprint density at radius 1 is 1.00 bits per heavy atom. The van der Waals surface area contributed by atoms with Gasteiger partial charge in [-0.2, -0.15) is 0 Å². The van der Waals surface area contributed by atoms with E-state index in [4.69, 9.17) is 0 Å². The summed E-state index contributed by atoms with van der Waals surface area (Å²) in [4.78, 5) is 26.8. The molecule has 1 aromatic carbocycles. The predicted molar refractivity (Wildman–Crippen MR) is 91.1 cm³/mol. The van der Waals surface area contributed by atoms with Crippen LogP contribution in [0.15, 0.2) is 30.3 Å². The highest BCUT2D eigenvalue weighted by Gasteiger charge is 2.34. The van der Waals surface area contributed by atoms with Crippen LogP contribution in [-0.4, -0.2) is 24.4 Å². The van der Waals surface area contributed by atoms with Gasteiger partial charge in [0, 0.05) is 30.1 Å².